The normalized spacial score (nSPS) is 20.9. The van der Waals surface area contributed by atoms with Crippen LogP contribution in [0.5, 0.6) is 5.75 Å². The largest absolute Gasteiger partial charge is 0.491 e. The van der Waals surface area contributed by atoms with E-state index in [4.69, 9.17) is 9.15 Å². The van der Waals surface area contributed by atoms with Crippen molar-refractivity contribution >= 4 is 16.9 Å². The van der Waals surface area contributed by atoms with Crippen molar-refractivity contribution in [3.8, 4) is 5.75 Å². The summed E-state index contributed by atoms with van der Waals surface area (Å²) in [6.45, 7) is 9.61. The number of ether oxygens (including phenoxy) is 1. The topological polar surface area (TPSA) is 59.8 Å². The molecule has 5 nitrogen and oxygen atoms in total. The third-order valence-electron chi connectivity index (χ3n) is 4.47. The minimum atomic E-state index is -0.518. The predicted molar refractivity (Wildman–Crippen MR) is 97.1 cm³/mol. The Morgan fingerprint density at radius 1 is 1.20 bits per heavy atom. The molecule has 0 spiro atoms. The smallest absolute Gasteiger partial charge is 0.337 e. The van der Waals surface area contributed by atoms with Crippen LogP contribution in [0.2, 0.25) is 0 Å². The summed E-state index contributed by atoms with van der Waals surface area (Å²) in [6.07, 6.45) is 1.14. The highest BCUT2D eigenvalue weighted by Crippen LogP contribution is 2.27. The zero-order valence-corrected chi connectivity index (χ0v) is 15.2. The lowest BCUT2D eigenvalue weighted by Gasteiger charge is -2.35. The van der Waals surface area contributed by atoms with Crippen LogP contribution in [-0.2, 0) is 0 Å². The molecule has 0 radical (unpaired) electrons. The van der Waals surface area contributed by atoms with E-state index in [1.165, 1.54) is 6.07 Å². The quantitative estimate of drug-likeness (QED) is 0.797. The molecule has 1 saturated heterocycles. The lowest BCUT2D eigenvalue weighted by molar-refractivity contribution is 0.0624. The number of hydrogen-bond donors (Lipinski definition) is 0. The van der Waals surface area contributed by atoms with Crippen LogP contribution < -0.4 is 10.4 Å². The van der Waals surface area contributed by atoms with Gasteiger partial charge in [0, 0.05) is 30.6 Å². The highest BCUT2D eigenvalue weighted by Gasteiger charge is 2.27. The zero-order chi connectivity index (χ0) is 18.1. The van der Waals surface area contributed by atoms with E-state index in [0.717, 1.165) is 19.5 Å². The Labute approximate surface area is 147 Å². The molecule has 2 heterocycles. The highest BCUT2D eigenvalue weighted by atomic mass is 16.5. The number of fused-ring (bicyclic) bond motifs is 1. The van der Waals surface area contributed by atoms with E-state index in [-0.39, 0.29) is 12.0 Å². The Morgan fingerprint density at radius 3 is 2.52 bits per heavy atom. The average Bonchev–Trinajstić information content (AvgIpc) is 2.51. The summed E-state index contributed by atoms with van der Waals surface area (Å²) >= 11 is 0. The fraction of sp³-hybridized carbons (Fsp3) is 0.500. The van der Waals surface area contributed by atoms with Crippen molar-refractivity contribution in [2.24, 2.45) is 11.8 Å². The lowest BCUT2D eigenvalue weighted by Crippen LogP contribution is -2.42. The van der Waals surface area contributed by atoms with Gasteiger partial charge in [0.15, 0.2) is 0 Å². The molecule has 3 rings (SSSR count). The SMILES string of the molecule is CC1CC(C)CN(C(=O)c2cc(=O)oc3cc(OC(C)C)ccc23)C1. The maximum absolute atomic E-state index is 13.0. The number of rotatable bonds is 3. The van der Waals surface area contributed by atoms with Gasteiger partial charge >= 0.3 is 5.63 Å². The zero-order valence-electron chi connectivity index (χ0n) is 15.2. The number of amides is 1. The van der Waals surface area contributed by atoms with Crippen LogP contribution in [0.3, 0.4) is 0 Å². The van der Waals surface area contributed by atoms with Crippen LogP contribution >= 0.6 is 0 Å². The van der Waals surface area contributed by atoms with Gasteiger partial charge in [-0.3, -0.25) is 4.79 Å². The van der Waals surface area contributed by atoms with Gasteiger partial charge in [-0.2, -0.15) is 0 Å². The van der Waals surface area contributed by atoms with Crippen LogP contribution in [0.4, 0.5) is 0 Å². The van der Waals surface area contributed by atoms with Crippen molar-refractivity contribution in [2.45, 2.75) is 40.2 Å². The minimum absolute atomic E-state index is 0.0188. The summed E-state index contributed by atoms with van der Waals surface area (Å²) in [7, 11) is 0. The molecule has 0 bridgehead atoms. The molecule has 25 heavy (non-hydrogen) atoms. The van der Waals surface area contributed by atoms with E-state index < -0.39 is 5.63 Å². The van der Waals surface area contributed by atoms with Crippen molar-refractivity contribution in [3.63, 3.8) is 0 Å². The van der Waals surface area contributed by atoms with E-state index >= 15 is 0 Å². The Hall–Kier alpha value is -2.30. The number of hydrogen-bond acceptors (Lipinski definition) is 4. The molecular weight excluding hydrogens is 318 g/mol. The van der Waals surface area contributed by atoms with Crippen molar-refractivity contribution in [1.29, 1.82) is 0 Å². The van der Waals surface area contributed by atoms with Gasteiger partial charge in [-0.15, -0.1) is 0 Å². The number of carbonyl (C=O) groups is 1. The Morgan fingerprint density at radius 2 is 1.88 bits per heavy atom. The van der Waals surface area contributed by atoms with Crippen molar-refractivity contribution in [1.82, 2.24) is 4.90 Å². The summed E-state index contributed by atoms with van der Waals surface area (Å²) in [5.74, 6) is 1.44. The Bertz CT molecular complexity index is 829. The molecule has 2 atom stereocenters. The summed E-state index contributed by atoms with van der Waals surface area (Å²) in [5.41, 5.74) is 0.270. The Kier molecular flexibility index (Phi) is 4.84. The molecule has 2 unspecified atom stereocenters. The lowest BCUT2D eigenvalue weighted by atomic mass is 9.91. The number of likely N-dealkylation sites (tertiary alicyclic amines) is 1. The van der Waals surface area contributed by atoms with Gasteiger partial charge in [0.25, 0.3) is 5.91 Å². The van der Waals surface area contributed by atoms with Crippen molar-refractivity contribution in [3.05, 3.63) is 40.2 Å². The van der Waals surface area contributed by atoms with Gasteiger partial charge in [0.05, 0.1) is 11.7 Å². The van der Waals surface area contributed by atoms with Gasteiger partial charge < -0.3 is 14.1 Å². The molecule has 1 fully saturated rings. The van der Waals surface area contributed by atoms with Crippen LogP contribution in [0.1, 0.15) is 44.5 Å². The van der Waals surface area contributed by atoms with E-state index in [9.17, 15) is 9.59 Å². The fourth-order valence-electron chi connectivity index (χ4n) is 3.66. The van der Waals surface area contributed by atoms with Gasteiger partial charge in [0.1, 0.15) is 11.3 Å². The van der Waals surface area contributed by atoms with Gasteiger partial charge in [-0.1, -0.05) is 13.8 Å². The first-order valence-electron chi connectivity index (χ1n) is 8.87. The second-order valence-electron chi connectivity index (χ2n) is 7.46. The second-order valence-corrected chi connectivity index (χ2v) is 7.46. The molecule has 134 valence electrons. The first-order chi connectivity index (χ1) is 11.8. The first-order valence-corrected chi connectivity index (χ1v) is 8.87. The van der Waals surface area contributed by atoms with Crippen molar-refractivity contribution in [2.75, 3.05) is 13.1 Å². The van der Waals surface area contributed by atoms with Gasteiger partial charge in [-0.25, -0.2) is 4.79 Å². The van der Waals surface area contributed by atoms with Crippen LogP contribution in [0, 0.1) is 11.8 Å². The molecule has 5 heteroatoms. The van der Waals surface area contributed by atoms with Gasteiger partial charge in [-0.05, 0) is 44.2 Å². The van der Waals surface area contributed by atoms with E-state index in [1.54, 1.807) is 18.2 Å². The first kappa shape index (κ1) is 17.5. The molecule has 1 aliphatic rings. The highest BCUT2D eigenvalue weighted by molar-refractivity contribution is 6.05. The fourth-order valence-corrected chi connectivity index (χ4v) is 3.66. The molecule has 0 N–H and O–H groups in total. The molecule has 0 saturated carbocycles. The van der Waals surface area contributed by atoms with Crippen LogP contribution in [0.15, 0.2) is 33.5 Å². The molecule has 1 aliphatic heterocycles. The minimum Gasteiger partial charge on any atom is -0.491 e. The molecule has 1 aromatic carbocycles. The van der Waals surface area contributed by atoms with Crippen LogP contribution in [-0.4, -0.2) is 30.0 Å². The van der Waals surface area contributed by atoms with Crippen LogP contribution in [0.25, 0.3) is 11.0 Å². The average molecular weight is 343 g/mol. The summed E-state index contributed by atoms with van der Waals surface area (Å²) in [5, 5.41) is 0.645. The van der Waals surface area contributed by atoms with E-state index in [0.29, 0.717) is 34.1 Å². The summed E-state index contributed by atoms with van der Waals surface area (Å²) in [6, 6.07) is 6.58. The van der Waals surface area contributed by atoms with E-state index in [2.05, 4.69) is 13.8 Å². The third-order valence-corrected chi connectivity index (χ3v) is 4.47. The molecular formula is C20H25NO4. The molecule has 1 aromatic heterocycles. The summed E-state index contributed by atoms with van der Waals surface area (Å²) in [4.78, 5) is 26.9. The maximum atomic E-state index is 13.0. The molecule has 1 amide bonds. The van der Waals surface area contributed by atoms with Gasteiger partial charge in [0.2, 0.25) is 0 Å². The Balaban J connectivity index is 2.00. The third kappa shape index (κ3) is 3.86. The number of nitrogens with zero attached hydrogens (tertiary/aromatic N) is 1. The number of piperidine rings is 1. The molecule has 0 aliphatic carbocycles. The second kappa shape index (κ2) is 6.90. The predicted octanol–water partition coefficient (Wildman–Crippen LogP) is 3.70. The monoisotopic (exact) mass is 343 g/mol. The number of carbonyl (C=O) groups excluding carboxylic acids is 1. The number of benzene rings is 1. The summed E-state index contributed by atoms with van der Waals surface area (Å²) < 4.78 is 10.9. The maximum Gasteiger partial charge on any atom is 0.337 e. The standard InChI is InChI=1S/C20H25NO4/c1-12(2)24-15-5-6-16-17(9-19(22)25-18(16)8-15)20(23)21-10-13(3)7-14(4)11-21/h5-6,8-9,12-14H,7,10-11H2,1-4H3. The van der Waals surface area contributed by atoms with E-state index in [1.807, 2.05) is 18.7 Å². The molecule has 2 aromatic rings. The van der Waals surface area contributed by atoms with Crippen molar-refractivity contribution < 1.29 is 13.9 Å².